The van der Waals surface area contributed by atoms with Crippen LogP contribution in [-0.4, -0.2) is 25.0 Å². The number of rotatable bonds is 1. The highest BCUT2D eigenvalue weighted by Crippen LogP contribution is 2.21. The van der Waals surface area contributed by atoms with E-state index >= 15 is 0 Å². The number of nitrogen functional groups attached to an aromatic ring is 1. The Morgan fingerprint density at radius 2 is 2.14 bits per heavy atom. The Balaban J connectivity index is 2.91. The molecule has 1 aromatic carbocycles. The highest BCUT2D eigenvalue weighted by molar-refractivity contribution is 5.92. The summed E-state index contributed by atoms with van der Waals surface area (Å²) in [6.07, 6.45) is 0. The van der Waals surface area contributed by atoms with Gasteiger partial charge in [-0.2, -0.15) is 0 Å². The van der Waals surface area contributed by atoms with Gasteiger partial charge in [-0.3, -0.25) is 0 Å². The Morgan fingerprint density at radius 3 is 2.64 bits per heavy atom. The van der Waals surface area contributed by atoms with E-state index < -0.39 is 11.8 Å². The van der Waals surface area contributed by atoms with Crippen LogP contribution in [0.1, 0.15) is 0 Å². The molecular formula is C9H12FN3O. The van der Waals surface area contributed by atoms with Crippen molar-refractivity contribution in [1.29, 1.82) is 0 Å². The first-order chi connectivity index (χ1) is 6.52. The molecule has 14 heavy (non-hydrogen) atoms. The van der Waals surface area contributed by atoms with Crippen LogP contribution in [0.15, 0.2) is 18.2 Å². The fourth-order valence-corrected chi connectivity index (χ4v) is 0.891. The summed E-state index contributed by atoms with van der Waals surface area (Å²) in [6, 6.07) is 3.83. The van der Waals surface area contributed by atoms with Crippen molar-refractivity contribution in [2.75, 3.05) is 25.1 Å². The summed E-state index contributed by atoms with van der Waals surface area (Å²) in [7, 11) is 3.12. The summed E-state index contributed by atoms with van der Waals surface area (Å²) < 4.78 is 13.2. The van der Waals surface area contributed by atoms with Gasteiger partial charge in [0.15, 0.2) is 0 Å². The number of carbonyl (C=O) groups is 1. The Labute approximate surface area is 81.5 Å². The van der Waals surface area contributed by atoms with Gasteiger partial charge in [0.05, 0.1) is 5.69 Å². The first-order valence-electron chi connectivity index (χ1n) is 4.04. The number of para-hydroxylation sites is 1. The fraction of sp³-hybridized carbons (Fsp3) is 0.222. The maximum atomic E-state index is 13.2. The third kappa shape index (κ3) is 2.12. The second-order valence-electron chi connectivity index (χ2n) is 3.03. The minimum Gasteiger partial charge on any atom is -0.397 e. The molecule has 0 aromatic heterocycles. The molecule has 0 saturated heterocycles. The zero-order valence-corrected chi connectivity index (χ0v) is 8.04. The lowest BCUT2D eigenvalue weighted by Crippen LogP contribution is -2.28. The topological polar surface area (TPSA) is 58.4 Å². The van der Waals surface area contributed by atoms with E-state index in [9.17, 15) is 9.18 Å². The average molecular weight is 197 g/mol. The minimum atomic E-state index is -0.541. The van der Waals surface area contributed by atoms with E-state index in [1.165, 1.54) is 23.1 Å². The number of nitrogens with one attached hydrogen (secondary N) is 1. The number of benzene rings is 1. The van der Waals surface area contributed by atoms with Crippen LogP contribution < -0.4 is 11.1 Å². The summed E-state index contributed by atoms with van der Waals surface area (Å²) in [5, 5.41) is 2.36. The second kappa shape index (κ2) is 3.95. The van der Waals surface area contributed by atoms with Gasteiger partial charge in [-0.1, -0.05) is 6.07 Å². The Hall–Kier alpha value is -1.78. The molecule has 0 radical (unpaired) electrons. The third-order valence-corrected chi connectivity index (χ3v) is 1.68. The van der Waals surface area contributed by atoms with Crippen molar-refractivity contribution in [1.82, 2.24) is 4.90 Å². The van der Waals surface area contributed by atoms with Crippen LogP contribution in [0.25, 0.3) is 0 Å². The van der Waals surface area contributed by atoms with E-state index in [4.69, 9.17) is 5.73 Å². The molecule has 0 aliphatic carbocycles. The van der Waals surface area contributed by atoms with E-state index in [0.717, 1.165) is 0 Å². The minimum absolute atomic E-state index is 0.0196. The zero-order valence-electron chi connectivity index (χ0n) is 8.04. The highest BCUT2D eigenvalue weighted by Gasteiger charge is 2.10. The molecule has 0 saturated carbocycles. The van der Waals surface area contributed by atoms with Crippen molar-refractivity contribution < 1.29 is 9.18 Å². The van der Waals surface area contributed by atoms with Crippen LogP contribution in [-0.2, 0) is 0 Å². The number of anilines is 2. The first-order valence-corrected chi connectivity index (χ1v) is 4.04. The molecular weight excluding hydrogens is 185 g/mol. The number of carbonyl (C=O) groups excluding carboxylic acids is 1. The maximum absolute atomic E-state index is 13.2. The SMILES string of the molecule is CN(C)C(=O)Nc1c(N)cccc1F. The van der Waals surface area contributed by atoms with Crippen molar-refractivity contribution in [3.05, 3.63) is 24.0 Å². The molecule has 0 aliphatic rings. The van der Waals surface area contributed by atoms with Crippen LogP contribution in [0, 0.1) is 5.82 Å². The third-order valence-electron chi connectivity index (χ3n) is 1.68. The fourth-order valence-electron chi connectivity index (χ4n) is 0.891. The lowest BCUT2D eigenvalue weighted by atomic mass is 10.2. The normalized spacial score (nSPS) is 9.64. The van der Waals surface area contributed by atoms with Gasteiger partial charge in [-0.15, -0.1) is 0 Å². The predicted octanol–water partition coefficient (Wildman–Crippen LogP) is 1.50. The van der Waals surface area contributed by atoms with Crippen molar-refractivity contribution in [3.63, 3.8) is 0 Å². The van der Waals surface area contributed by atoms with E-state index in [1.54, 1.807) is 14.1 Å². The molecule has 2 amide bonds. The molecule has 4 nitrogen and oxygen atoms in total. The summed E-state index contributed by atoms with van der Waals surface area (Å²) in [4.78, 5) is 12.5. The Bertz CT molecular complexity index is 332. The van der Waals surface area contributed by atoms with Crippen LogP contribution in [0.2, 0.25) is 0 Å². The number of nitrogens with zero attached hydrogens (tertiary/aromatic N) is 1. The van der Waals surface area contributed by atoms with E-state index in [-0.39, 0.29) is 11.4 Å². The molecule has 0 bridgehead atoms. The predicted molar refractivity (Wildman–Crippen MR) is 53.5 cm³/mol. The van der Waals surface area contributed by atoms with Gasteiger partial charge in [-0.25, -0.2) is 9.18 Å². The van der Waals surface area contributed by atoms with Crippen molar-refractivity contribution in [2.24, 2.45) is 0 Å². The summed E-state index contributed by atoms with van der Waals surface area (Å²) in [5.41, 5.74) is 5.72. The van der Waals surface area contributed by atoms with Crippen LogP contribution in [0.3, 0.4) is 0 Å². The number of amides is 2. The van der Waals surface area contributed by atoms with E-state index in [1.807, 2.05) is 0 Å². The molecule has 0 heterocycles. The lowest BCUT2D eigenvalue weighted by Gasteiger charge is -2.13. The van der Waals surface area contributed by atoms with Crippen molar-refractivity contribution >= 4 is 17.4 Å². The molecule has 1 rings (SSSR count). The summed E-state index contributed by atoms with van der Waals surface area (Å²) >= 11 is 0. The second-order valence-corrected chi connectivity index (χ2v) is 3.03. The highest BCUT2D eigenvalue weighted by atomic mass is 19.1. The number of nitrogens with two attached hydrogens (primary N) is 1. The zero-order chi connectivity index (χ0) is 10.7. The molecule has 0 spiro atoms. The van der Waals surface area contributed by atoms with Crippen molar-refractivity contribution in [3.8, 4) is 0 Å². The summed E-state index contributed by atoms with van der Waals surface area (Å²) in [5.74, 6) is -0.541. The van der Waals surface area contributed by atoms with Gasteiger partial charge >= 0.3 is 6.03 Å². The monoisotopic (exact) mass is 197 g/mol. The molecule has 0 atom stereocenters. The molecule has 0 unspecified atom stereocenters. The standard InChI is InChI=1S/C9H12FN3O/c1-13(2)9(14)12-8-6(10)4-3-5-7(8)11/h3-5H,11H2,1-2H3,(H,12,14). The first kappa shape index (κ1) is 10.3. The number of hydrogen-bond donors (Lipinski definition) is 2. The molecule has 0 fully saturated rings. The number of halogens is 1. The molecule has 0 aliphatic heterocycles. The largest absolute Gasteiger partial charge is 0.397 e. The van der Waals surface area contributed by atoms with Gasteiger partial charge in [0.2, 0.25) is 0 Å². The van der Waals surface area contributed by atoms with Gasteiger partial charge in [0.1, 0.15) is 11.5 Å². The van der Waals surface area contributed by atoms with Crippen LogP contribution >= 0.6 is 0 Å². The van der Waals surface area contributed by atoms with Gasteiger partial charge in [0, 0.05) is 14.1 Å². The number of hydrogen-bond acceptors (Lipinski definition) is 2. The smallest absolute Gasteiger partial charge is 0.321 e. The van der Waals surface area contributed by atoms with Gasteiger partial charge in [-0.05, 0) is 12.1 Å². The molecule has 1 aromatic rings. The maximum Gasteiger partial charge on any atom is 0.321 e. The Kier molecular flexibility index (Phi) is 2.91. The van der Waals surface area contributed by atoms with E-state index in [2.05, 4.69) is 5.32 Å². The molecule has 3 N–H and O–H groups in total. The Morgan fingerprint density at radius 1 is 1.50 bits per heavy atom. The summed E-state index contributed by atoms with van der Waals surface area (Å²) in [6.45, 7) is 0. The van der Waals surface area contributed by atoms with Crippen LogP contribution in [0.4, 0.5) is 20.6 Å². The quantitative estimate of drug-likeness (QED) is 0.670. The average Bonchev–Trinajstić information content (AvgIpc) is 2.11. The van der Waals surface area contributed by atoms with Gasteiger partial charge in [0.25, 0.3) is 0 Å². The lowest BCUT2D eigenvalue weighted by molar-refractivity contribution is 0.230. The molecule has 76 valence electrons. The van der Waals surface area contributed by atoms with E-state index in [0.29, 0.717) is 0 Å². The van der Waals surface area contributed by atoms with Crippen LogP contribution in [0.5, 0.6) is 0 Å². The number of urea groups is 1. The van der Waals surface area contributed by atoms with Gasteiger partial charge < -0.3 is 16.0 Å². The van der Waals surface area contributed by atoms with Crippen molar-refractivity contribution in [2.45, 2.75) is 0 Å². The molecule has 5 heteroatoms.